The molecule has 0 unspecified atom stereocenters. The number of aromatic amines is 1. The van der Waals surface area contributed by atoms with E-state index < -0.39 is 0 Å². The third kappa shape index (κ3) is 1.99. The Morgan fingerprint density at radius 2 is 2.13 bits per heavy atom. The van der Waals surface area contributed by atoms with E-state index >= 15 is 0 Å². The van der Waals surface area contributed by atoms with E-state index in [4.69, 9.17) is 0 Å². The average molecular weight is 198 g/mol. The van der Waals surface area contributed by atoms with Crippen molar-refractivity contribution in [3.8, 4) is 0 Å². The molecule has 2 aromatic rings. The first-order valence-electron chi connectivity index (χ1n) is 5.05. The SMILES string of the molecule is C/C=C/C=C/c1c[nH]c2nc(C)ccc12. The Bertz CT molecular complexity index is 518. The molecular weight excluding hydrogens is 184 g/mol. The van der Waals surface area contributed by atoms with Crippen molar-refractivity contribution in [1.29, 1.82) is 0 Å². The molecule has 2 nitrogen and oxygen atoms in total. The van der Waals surface area contributed by atoms with E-state index in [-0.39, 0.29) is 0 Å². The maximum Gasteiger partial charge on any atom is 0.138 e. The van der Waals surface area contributed by atoms with Gasteiger partial charge in [0, 0.05) is 22.8 Å². The molecule has 0 amide bonds. The Balaban J connectivity index is 2.45. The number of hydrogen-bond acceptors (Lipinski definition) is 1. The molecule has 0 radical (unpaired) electrons. The van der Waals surface area contributed by atoms with Crippen LogP contribution in [0.3, 0.4) is 0 Å². The molecule has 2 heterocycles. The van der Waals surface area contributed by atoms with Gasteiger partial charge in [-0.1, -0.05) is 24.3 Å². The molecule has 0 aromatic carbocycles. The second-order valence-electron chi connectivity index (χ2n) is 3.48. The molecule has 76 valence electrons. The van der Waals surface area contributed by atoms with E-state index in [1.54, 1.807) is 0 Å². The molecule has 2 rings (SSSR count). The van der Waals surface area contributed by atoms with Crippen LogP contribution in [0.2, 0.25) is 0 Å². The Labute approximate surface area is 89.4 Å². The minimum atomic E-state index is 0.954. The number of H-pyrrole nitrogens is 1. The number of rotatable bonds is 2. The molecular formula is C13H14N2. The Morgan fingerprint density at radius 3 is 2.93 bits per heavy atom. The number of nitrogens with zero attached hydrogens (tertiary/aromatic N) is 1. The fourth-order valence-corrected chi connectivity index (χ4v) is 1.53. The summed E-state index contributed by atoms with van der Waals surface area (Å²) in [4.78, 5) is 7.59. The predicted octanol–water partition coefficient (Wildman–Crippen LogP) is 3.46. The van der Waals surface area contributed by atoms with Gasteiger partial charge in [-0.25, -0.2) is 4.98 Å². The third-order valence-corrected chi connectivity index (χ3v) is 2.29. The Kier molecular flexibility index (Phi) is 2.68. The van der Waals surface area contributed by atoms with Gasteiger partial charge in [-0.2, -0.15) is 0 Å². The van der Waals surface area contributed by atoms with E-state index in [1.807, 2.05) is 44.3 Å². The molecule has 0 atom stereocenters. The van der Waals surface area contributed by atoms with Gasteiger partial charge in [-0.15, -0.1) is 0 Å². The molecule has 2 aromatic heterocycles. The van der Waals surface area contributed by atoms with Gasteiger partial charge < -0.3 is 4.98 Å². The van der Waals surface area contributed by atoms with Gasteiger partial charge in [0.05, 0.1) is 0 Å². The first-order chi connectivity index (χ1) is 7.31. The normalized spacial score (nSPS) is 12.1. The number of allylic oxidation sites excluding steroid dienone is 3. The van der Waals surface area contributed by atoms with Crippen LogP contribution in [0.4, 0.5) is 0 Å². The summed E-state index contributed by atoms with van der Waals surface area (Å²) in [5.74, 6) is 0. The fourth-order valence-electron chi connectivity index (χ4n) is 1.53. The van der Waals surface area contributed by atoms with Crippen molar-refractivity contribution >= 4 is 17.1 Å². The van der Waals surface area contributed by atoms with Crippen molar-refractivity contribution in [1.82, 2.24) is 9.97 Å². The zero-order chi connectivity index (χ0) is 10.7. The van der Waals surface area contributed by atoms with E-state index in [1.165, 1.54) is 10.9 Å². The zero-order valence-corrected chi connectivity index (χ0v) is 8.99. The van der Waals surface area contributed by atoms with Gasteiger partial charge >= 0.3 is 0 Å². The van der Waals surface area contributed by atoms with Crippen LogP contribution < -0.4 is 0 Å². The number of pyridine rings is 1. The van der Waals surface area contributed by atoms with Crippen molar-refractivity contribution in [2.24, 2.45) is 0 Å². The maximum atomic E-state index is 4.42. The quantitative estimate of drug-likeness (QED) is 0.735. The Hall–Kier alpha value is -1.83. The highest BCUT2D eigenvalue weighted by Gasteiger charge is 2.00. The molecule has 0 bridgehead atoms. The standard InChI is InChI=1S/C13H14N2/c1-3-4-5-6-11-9-14-13-12(11)8-7-10(2)15-13/h3-9H,1-2H3,(H,14,15)/b4-3+,6-5+. The summed E-state index contributed by atoms with van der Waals surface area (Å²) in [6.07, 6.45) is 10.1. The summed E-state index contributed by atoms with van der Waals surface area (Å²) in [6, 6.07) is 4.13. The van der Waals surface area contributed by atoms with E-state index in [2.05, 4.69) is 22.1 Å². The van der Waals surface area contributed by atoms with Gasteiger partial charge in [-0.3, -0.25) is 0 Å². The largest absolute Gasteiger partial charge is 0.346 e. The van der Waals surface area contributed by atoms with Crippen LogP contribution in [0.5, 0.6) is 0 Å². The summed E-state index contributed by atoms with van der Waals surface area (Å²) in [5, 5.41) is 1.17. The number of aromatic nitrogens is 2. The monoisotopic (exact) mass is 198 g/mol. The molecule has 2 heteroatoms. The summed E-state index contributed by atoms with van der Waals surface area (Å²) < 4.78 is 0. The summed E-state index contributed by atoms with van der Waals surface area (Å²) in [7, 11) is 0. The van der Waals surface area contributed by atoms with Gasteiger partial charge in [0.2, 0.25) is 0 Å². The second kappa shape index (κ2) is 4.13. The van der Waals surface area contributed by atoms with Gasteiger partial charge in [0.1, 0.15) is 5.65 Å². The highest BCUT2D eigenvalue weighted by molar-refractivity contribution is 5.86. The number of aryl methyl sites for hydroxylation is 1. The van der Waals surface area contributed by atoms with Crippen molar-refractivity contribution in [2.75, 3.05) is 0 Å². The summed E-state index contributed by atoms with van der Waals surface area (Å²) in [5.41, 5.74) is 3.17. The number of hydrogen-bond donors (Lipinski definition) is 1. The van der Waals surface area contributed by atoms with Crippen molar-refractivity contribution in [3.05, 3.63) is 47.8 Å². The van der Waals surface area contributed by atoms with Gasteiger partial charge in [0.25, 0.3) is 0 Å². The van der Waals surface area contributed by atoms with Crippen molar-refractivity contribution in [2.45, 2.75) is 13.8 Å². The smallest absolute Gasteiger partial charge is 0.138 e. The minimum Gasteiger partial charge on any atom is -0.346 e. The number of fused-ring (bicyclic) bond motifs is 1. The van der Waals surface area contributed by atoms with Crippen LogP contribution in [-0.2, 0) is 0 Å². The third-order valence-electron chi connectivity index (χ3n) is 2.29. The number of nitrogens with one attached hydrogen (secondary N) is 1. The lowest BCUT2D eigenvalue weighted by Crippen LogP contribution is -1.80. The summed E-state index contributed by atoms with van der Waals surface area (Å²) in [6.45, 7) is 4.00. The maximum absolute atomic E-state index is 4.42. The predicted molar refractivity (Wildman–Crippen MR) is 64.7 cm³/mol. The molecule has 0 fully saturated rings. The molecule has 0 saturated carbocycles. The molecule has 0 aliphatic heterocycles. The van der Waals surface area contributed by atoms with Crippen molar-refractivity contribution in [3.63, 3.8) is 0 Å². The van der Waals surface area contributed by atoms with Crippen LogP contribution in [0, 0.1) is 6.92 Å². The average Bonchev–Trinajstić information content (AvgIpc) is 2.61. The lowest BCUT2D eigenvalue weighted by molar-refractivity contribution is 1.22. The van der Waals surface area contributed by atoms with Crippen LogP contribution in [0.15, 0.2) is 36.6 Å². The first kappa shape index (κ1) is 9.71. The Morgan fingerprint density at radius 1 is 1.27 bits per heavy atom. The van der Waals surface area contributed by atoms with Crippen LogP contribution in [0.1, 0.15) is 18.2 Å². The highest BCUT2D eigenvalue weighted by atomic mass is 14.8. The van der Waals surface area contributed by atoms with Gasteiger partial charge in [-0.05, 0) is 26.0 Å². The van der Waals surface area contributed by atoms with E-state index in [9.17, 15) is 0 Å². The highest BCUT2D eigenvalue weighted by Crippen LogP contribution is 2.17. The molecule has 0 saturated heterocycles. The van der Waals surface area contributed by atoms with Crippen LogP contribution in [-0.4, -0.2) is 9.97 Å². The molecule has 0 aliphatic rings. The summed E-state index contributed by atoms with van der Waals surface area (Å²) >= 11 is 0. The van der Waals surface area contributed by atoms with Crippen LogP contribution >= 0.6 is 0 Å². The molecule has 15 heavy (non-hydrogen) atoms. The second-order valence-corrected chi connectivity index (χ2v) is 3.48. The van der Waals surface area contributed by atoms with E-state index in [0.717, 1.165) is 11.3 Å². The first-order valence-corrected chi connectivity index (χ1v) is 5.05. The topological polar surface area (TPSA) is 28.7 Å². The van der Waals surface area contributed by atoms with Gasteiger partial charge in [0.15, 0.2) is 0 Å². The molecule has 0 aliphatic carbocycles. The lowest BCUT2D eigenvalue weighted by Gasteiger charge is -1.92. The lowest BCUT2D eigenvalue weighted by atomic mass is 10.2. The molecule has 0 spiro atoms. The van der Waals surface area contributed by atoms with E-state index in [0.29, 0.717) is 0 Å². The minimum absolute atomic E-state index is 0.954. The fraction of sp³-hybridized carbons (Fsp3) is 0.154. The van der Waals surface area contributed by atoms with Crippen LogP contribution in [0.25, 0.3) is 17.1 Å². The van der Waals surface area contributed by atoms with Crippen molar-refractivity contribution < 1.29 is 0 Å². The zero-order valence-electron chi connectivity index (χ0n) is 8.99. The molecule has 1 N–H and O–H groups in total.